The molecule has 1 aliphatic rings. The van der Waals surface area contributed by atoms with Crippen LogP contribution >= 0.6 is 11.6 Å². The number of halogens is 1. The number of hydrogen-bond donors (Lipinski definition) is 1. The fraction of sp³-hybridized carbons (Fsp3) is 0.571. The van der Waals surface area contributed by atoms with E-state index in [-0.39, 0.29) is 11.8 Å². The normalized spacial score (nSPS) is 22.2. The summed E-state index contributed by atoms with van der Waals surface area (Å²) < 4.78 is 0. The van der Waals surface area contributed by atoms with Gasteiger partial charge in [0.05, 0.1) is 11.1 Å². The lowest BCUT2D eigenvalue weighted by Gasteiger charge is -2.36. The van der Waals surface area contributed by atoms with Crippen molar-refractivity contribution in [1.29, 1.82) is 0 Å². The highest BCUT2D eigenvalue weighted by Gasteiger charge is 2.27. The molecule has 5 heteroatoms. The fourth-order valence-corrected chi connectivity index (χ4v) is 2.61. The van der Waals surface area contributed by atoms with Gasteiger partial charge >= 0.3 is 0 Å². The van der Waals surface area contributed by atoms with E-state index in [2.05, 4.69) is 22.1 Å². The van der Waals surface area contributed by atoms with Crippen molar-refractivity contribution in [3.8, 4) is 0 Å². The first-order valence-electron chi connectivity index (χ1n) is 6.64. The summed E-state index contributed by atoms with van der Waals surface area (Å²) in [6.45, 7) is 6.54. The van der Waals surface area contributed by atoms with Crippen molar-refractivity contribution in [2.75, 3.05) is 19.6 Å². The van der Waals surface area contributed by atoms with Crippen molar-refractivity contribution in [2.24, 2.45) is 0 Å². The summed E-state index contributed by atoms with van der Waals surface area (Å²) in [5.74, 6) is 0.200. The van der Waals surface area contributed by atoms with Crippen LogP contribution in [-0.4, -0.2) is 47.4 Å². The first-order valence-corrected chi connectivity index (χ1v) is 7.02. The van der Waals surface area contributed by atoms with E-state index >= 15 is 0 Å². The maximum Gasteiger partial charge on any atom is 0.147 e. The summed E-state index contributed by atoms with van der Waals surface area (Å²) in [7, 11) is 0. The summed E-state index contributed by atoms with van der Waals surface area (Å²) in [5.41, 5.74) is 0.913. The van der Waals surface area contributed by atoms with Crippen LogP contribution < -0.4 is 5.32 Å². The van der Waals surface area contributed by atoms with Crippen molar-refractivity contribution in [3.05, 3.63) is 29.0 Å². The number of Topliss-reactive ketones (excluding diaryl/α,β-unsaturated/α-hetero) is 1. The van der Waals surface area contributed by atoms with Gasteiger partial charge in [-0.05, 0) is 26.0 Å². The summed E-state index contributed by atoms with van der Waals surface area (Å²) in [4.78, 5) is 18.4. The minimum Gasteiger partial charge on any atom is -0.312 e. The zero-order valence-electron chi connectivity index (χ0n) is 11.4. The summed E-state index contributed by atoms with van der Waals surface area (Å²) >= 11 is 5.83. The van der Waals surface area contributed by atoms with Crippen LogP contribution in [0, 0.1) is 0 Å². The summed E-state index contributed by atoms with van der Waals surface area (Å²) in [5, 5.41) is 4.02. The molecular weight excluding hydrogens is 262 g/mol. The van der Waals surface area contributed by atoms with E-state index in [1.807, 2.05) is 12.1 Å². The monoisotopic (exact) mass is 281 g/mol. The number of carbonyl (C=O) groups is 1. The van der Waals surface area contributed by atoms with Gasteiger partial charge in [-0.15, -0.1) is 0 Å². The lowest BCUT2D eigenvalue weighted by molar-refractivity contribution is -0.122. The standard InChI is InChI=1S/C14H20ClN3O/c1-10-9-18(6-5-16-10)14(11(2)19)7-13-4-3-12(15)8-17-13/h3-4,8,10,14,16H,5-7,9H2,1-2H3/t10-,14-/m0/s1. The number of pyridine rings is 1. The Bertz CT molecular complexity index is 435. The largest absolute Gasteiger partial charge is 0.312 e. The second kappa shape index (κ2) is 6.46. The van der Waals surface area contributed by atoms with Gasteiger partial charge in [0.15, 0.2) is 0 Å². The number of nitrogens with zero attached hydrogens (tertiary/aromatic N) is 2. The number of piperazine rings is 1. The Morgan fingerprint density at radius 2 is 2.42 bits per heavy atom. The van der Waals surface area contributed by atoms with Crippen LogP contribution in [0.5, 0.6) is 0 Å². The highest BCUT2D eigenvalue weighted by Crippen LogP contribution is 2.13. The van der Waals surface area contributed by atoms with Crippen molar-refractivity contribution in [1.82, 2.24) is 15.2 Å². The van der Waals surface area contributed by atoms with Gasteiger partial charge in [0.1, 0.15) is 5.78 Å². The molecule has 1 aromatic rings. The molecule has 104 valence electrons. The molecular formula is C14H20ClN3O. The fourth-order valence-electron chi connectivity index (χ4n) is 2.50. The van der Waals surface area contributed by atoms with Crippen LogP contribution in [0.15, 0.2) is 18.3 Å². The van der Waals surface area contributed by atoms with Crippen molar-refractivity contribution < 1.29 is 4.79 Å². The van der Waals surface area contributed by atoms with Crippen molar-refractivity contribution in [2.45, 2.75) is 32.4 Å². The smallest absolute Gasteiger partial charge is 0.147 e. The minimum atomic E-state index is -0.0850. The van der Waals surface area contributed by atoms with Gasteiger partial charge in [-0.2, -0.15) is 0 Å². The van der Waals surface area contributed by atoms with Crippen LogP contribution in [0.2, 0.25) is 5.02 Å². The molecule has 1 aliphatic heterocycles. The SMILES string of the molecule is CC(=O)[C@H](Cc1ccc(Cl)cn1)N1CCN[C@@H](C)C1. The third-order valence-corrected chi connectivity index (χ3v) is 3.72. The van der Waals surface area contributed by atoms with Crippen molar-refractivity contribution >= 4 is 17.4 Å². The molecule has 0 radical (unpaired) electrons. The van der Waals surface area contributed by atoms with Gasteiger partial charge in [-0.25, -0.2) is 0 Å². The second-order valence-electron chi connectivity index (χ2n) is 5.15. The van der Waals surface area contributed by atoms with Crippen molar-refractivity contribution in [3.63, 3.8) is 0 Å². The van der Waals surface area contributed by atoms with Gasteiger partial charge in [0.2, 0.25) is 0 Å². The van der Waals surface area contributed by atoms with Crippen LogP contribution in [-0.2, 0) is 11.2 Å². The molecule has 0 amide bonds. The molecule has 0 spiro atoms. The van der Waals surface area contributed by atoms with Crippen LogP contribution in [0.1, 0.15) is 19.5 Å². The first kappa shape index (κ1) is 14.4. The molecule has 19 heavy (non-hydrogen) atoms. The zero-order valence-corrected chi connectivity index (χ0v) is 12.2. The Kier molecular flexibility index (Phi) is 4.91. The molecule has 2 heterocycles. The summed E-state index contributed by atoms with van der Waals surface area (Å²) in [6.07, 6.45) is 2.29. The van der Waals surface area contributed by atoms with Gasteiger partial charge in [0, 0.05) is 44.0 Å². The maximum atomic E-state index is 11.9. The third kappa shape index (κ3) is 4.00. The molecule has 1 fully saturated rings. The Balaban J connectivity index is 2.07. The molecule has 4 nitrogen and oxygen atoms in total. The molecule has 1 aromatic heterocycles. The van der Waals surface area contributed by atoms with E-state index in [0.717, 1.165) is 25.3 Å². The number of hydrogen-bond acceptors (Lipinski definition) is 4. The van der Waals surface area contributed by atoms with E-state index in [9.17, 15) is 4.79 Å². The predicted molar refractivity (Wildman–Crippen MR) is 76.5 cm³/mol. The quantitative estimate of drug-likeness (QED) is 0.909. The predicted octanol–water partition coefficient (Wildman–Crippen LogP) is 1.53. The highest BCUT2D eigenvalue weighted by atomic mass is 35.5. The van der Waals surface area contributed by atoms with Gasteiger partial charge in [-0.3, -0.25) is 14.7 Å². The van der Waals surface area contributed by atoms with E-state index in [4.69, 9.17) is 11.6 Å². The van der Waals surface area contributed by atoms with Gasteiger partial charge in [0.25, 0.3) is 0 Å². The first-order chi connectivity index (χ1) is 9.06. The number of ketones is 1. The van der Waals surface area contributed by atoms with Gasteiger partial charge in [-0.1, -0.05) is 11.6 Å². The summed E-state index contributed by atoms with van der Waals surface area (Å²) in [6, 6.07) is 4.05. The molecule has 0 unspecified atom stereocenters. The van der Waals surface area contributed by atoms with E-state index < -0.39 is 0 Å². The number of rotatable bonds is 4. The molecule has 0 saturated carbocycles. The Morgan fingerprint density at radius 1 is 1.63 bits per heavy atom. The lowest BCUT2D eigenvalue weighted by Crippen LogP contribution is -2.55. The zero-order chi connectivity index (χ0) is 13.8. The second-order valence-corrected chi connectivity index (χ2v) is 5.58. The number of aromatic nitrogens is 1. The van der Waals surface area contributed by atoms with Crippen LogP contribution in [0.4, 0.5) is 0 Å². The molecule has 0 bridgehead atoms. The number of carbonyl (C=O) groups excluding carboxylic acids is 1. The molecule has 1 saturated heterocycles. The lowest BCUT2D eigenvalue weighted by atomic mass is 10.0. The third-order valence-electron chi connectivity index (χ3n) is 3.50. The molecule has 2 atom stereocenters. The highest BCUT2D eigenvalue weighted by molar-refractivity contribution is 6.30. The van der Waals surface area contributed by atoms with E-state index in [1.54, 1.807) is 13.1 Å². The average molecular weight is 282 g/mol. The average Bonchev–Trinajstić information content (AvgIpc) is 2.37. The van der Waals surface area contributed by atoms with Gasteiger partial charge < -0.3 is 5.32 Å². The maximum absolute atomic E-state index is 11.9. The molecule has 0 aliphatic carbocycles. The Hall–Kier alpha value is -0.970. The Morgan fingerprint density at radius 3 is 3.00 bits per heavy atom. The van der Waals surface area contributed by atoms with E-state index in [1.165, 1.54) is 0 Å². The van der Waals surface area contributed by atoms with E-state index in [0.29, 0.717) is 17.5 Å². The Labute approximate surface area is 119 Å². The molecule has 1 N–H and O–H groups in total. The van der Waals surface area contributed by atoms with Crippen LogP contribution in [0.25, 0.3) is 0 Å². The molecule has 0 aromatic carbocycles. The topological polar surface area (TPSA) is 45.2 Å². The van der Waals surface area contributed by atoms with Crippen LogP contribution in [0.3, 0.4) is 0 Å². The molecule has 2 rings (SSSR count). The minimum absolute atomic E-state index is 0.0850. The number of nitrogens with one attached hydrogen (secondary N) is 1.